The van der Waals surface area contributed by atoms with Gasteiger partial charge in [-0.1, -0.05) is 0 Å². The van der Waals surface area contributed by atoms with Crippen LogP contribution in [0.25, 0.3) is 0 Å². The van der Waals surface area contributed by atoms with Gasteiger partial charge in [-0.3, -0.25) is 0 Å². The topological polar surface area (TPSA) is 60.0 Å². The number of ether oxygens (including phenoxy) is 3. The summed E-state index contributed by atoms with van der Waals surface area (Å²) in [5.74, 6) is 2.47. The first-order valence-electron chi connectivity index (χ1n) is 7.84. The van der Waals surface area contributed by atoms with E-state index >= 15 is 0 Å². The van der Waals surface area contributed by atoms with Crippen molar-refractivity contribution >= 4 is 11.6 Å². The summed E-state index contributed by atoms with van der Waals surface area (Å²) in [6.45, 7) is 5.25. The Morgan fingerprint density at radius 2 is 1.50 bits per heavy atom. The first kappa shape index (κ1) is 15.5. The average molecular weight is 308 g/mol. The molecule has 2 fully saturated rings. The van der Waals surface area contributed by atoms with E-state index in [9.17, 15) is 0 Å². The van der Waals surface area contributed by atoms with Crippen LogP contribution in [-0.4, -0.2) is 63.6 Å². The largest absolute Gasteiger partial charge is 0.378 e. The van der Waals surface area contributed by atoms with Gasteiger partial charge in [0.05, 0.1) is 13.2 Å². The lowest BCUT2D eigenvalue weighted by atomic mass is 10.3. The van der Waals surface area contributed by atoms with Crippen LogP contribution in [0.15, 0.2) is 6.07 Å². The predicted octanol–water partition coefficient (Wildman–Crippen LogP) is 1.20. The molecule has 0 saturated carbocycles. The third-order valence-electron chi connectivity index (χ3n) is 4.12. The zero-order valence-corrected chi connectivity index (χ0v) is 13.3. The summed E-state index contributed by atoms with van der Waals surface area (Å²) in [4.78, 5) is 13.8. The van der Waals surface area contributed by atoms with Gasteiger partial charge in [0.2, 0.25) is 6.29 Å². The normalized spacial score (nSPS) is 19.2. The summed E-state index contributed by atoms with van der Waals surface area (Å²) in [6.07, 6.45) is 1.89. The molecule has 0 amide bonds. The Morgan fingerprint density at radius 3 is 2.05 bits per heavy atom. The van der Waals surface area contributed by atoms with Crippen LogP contribution >= 0.6 is 0 Å². The average Bonchev–Trinajstić information content (AvgIpc) is 3.11. The number of hydrogen-bond acceptors (Lipinski definition) is 7. The fourth-order valence-corrected chi connectivity index (χ4v) is 2.91. The van der Waals surface area contributed by atoms with Crippen molar-refractivity contribution in [1.82, 2.24) is 9.97 Å². The molecule has 22 heavy (non-hydrogen) atoms. The molecule has 1 aromatic rings. The van der Waals surface area contributed by atoms with E-state index in [-0.39, 0.29) is 0 Å². The van der Waals surface area contributed by atoms with E-state index in [1.807, 2.05) is 0 Å². The second-order valence-electron chi connectivity index (χ2n) is 5.54. The van der Waals surface area contributed by atoms with Crippen molar-refractivity contribution in [2.75, 3.05) is 63.4 Å². The van der Waals surface area contributed by atoms with Crippen molar-refractivity contribution in [2.45, 2.75) is 19.1 Å². The standard InChI is InChI=1S/C15H24N4O3/c1-20-15(21-2)14-16-12(18-5-3-4-6-18)11-13(17-14)19-7-9-22-10-8-19/h11,15H,3-10H2,1-2H3. The van der Waals surface area contributed by atoms with E-state index in [2.05, 4.69) is 25.8 Å². The molecule has 2 saturated heterocycles. The lowest BCUT2D eigenvalue weighted by molar-refractivity contribution is -0.111. The molecule has 0 spiro atoms. The van der Waals surface area contributed by atoms with Crippen LogP contribution in [0.2, 0.25) is 0 Å². The Balaban J connectivity index is 1.92. The lowest BCUT2D eigenvalue weighted by Gasteiger charge is -2.29. The molecule has 0 N–H and O–H groups in total. The Kier molecular flexibility index (Phi) is 5.07. The van der Waals surface area contributed by atoms with E-state index in [1.54, 1.807) is 14.2 Å². The molecule has 0 aliphatic carbocycles. The van der Waals surface area contributed by atoms with Gasteiger partial charge in [0.1, 0.15) is 11.6 Å². The summed E-state index contributed by atoms with van der Waals surface area (Å²) >= 11 is 0. The number of methoxy groups -OCH3 is 2. The molecular weight excluding hydrogens is 284 g/mol. The van der Waals surface area contributed by atoms with E-state index in [0.717, 1.165) is 51.0 Å². The summed E-state index contributed by atoms with van der Waals surface area (Å²) in [5, 5.41) is 0. The number of rotatable bonds is 5. The van der Waals surface area contributed by atoms with Crippen LogP contribution in [0.1, 0.15) is 25.0 Å². The first-order chi connectivity index (χ1) is 10.8. The monoisotopic (exact) mass is 308 g/mol. The van der Waals surface area contributed by atoms with Crippen molar-refractivity contribution in [3.63, 3.8) is 0 Å². The highest BCUT2D eigenvalue weighted by molar-refractivity contribution is 5.52. The van der Waals surface area contributed by atoms with Gasteiger partial charge < -0.3 is 24.0 Å². The maximum atomic E-state index is 5.43. The molecule has 0 unspecified atom stereocenters. The molecule has 0 bridgehead atoms. The Hall–Kier alpha value is -1.44. The van der Waals surface area contributed by atoms with Crippen molar-refractivity contribution < 1.29 is 14.2 Å². The first-order valence-corrected chi connectivity index (χ1v) is 7.84. The van der Waals surface area contributed by atoms with Crippen LogP contribution in [0, 0.1) is 0 Å². The van der Waals surface area contributed by atoms with Crippen molar-refractivity contribution in [1.29, 1.82) is 0 Å². The second-order valence-corrected chi connectivity index (χ2v) is 5.54. The minimum atomic E-state index is -0.539. The van der Waals surface area contributed by atoms with Crippen molar-refractivity contribution in [2.24, 2.45) is 0 Å². The minimum absolute atomic E-state index is 0.539. The third-order valence-corrected chi connectivity index (χ3v) is 4.12. The highest BCUT2D eigenvalue weighted by Gasteiger charge is 2.22. The summed E-state index contributed by atoms with van der Waals surface area (Å²) in [5.41, 5.74) is 0. The maximum absolute atomic E-state index is 5.43. The molecule has 0 atom stereocenters. The quantitative estimate of drug-likeness (QED) is 0.758. The number of anilines is 2. The molecule has 7 nitrogen and oxygen atoms in total. The highest BCUT2D eigenvalue weighted by Crippen LogP contribution is 2.26. The minimum Gasteiger partial charge on any atom is -0.378 e. The zero-order chi connectivity index (χ0) is 15.4. The second kappa shape index (κ2) is 7.21. The Bertz CT molecular complexity index is 463. The van der Waals surface area contributed by atoms with Gasteiger partial charge in [0.25, 0.3) is 0 Å². The van der Waals surface area contributed by atoms with Crippen LogP contribution in [-0.2, 0) is 14.2 Å². The molecular formula is C15H24N4O3. The van der Waals surface area contributed by atoms with Gasteiger partial charge in [-0.05, 0) is 12.8 Å². The molecule has 0 radical (unpaired) electrons. The predicted molar refractivity (Wildman–Crippen MR) is 83.3 cm³/mol. The highest BCUT2D eigenvalue weighted by atomic mass is 16.7. The summed E-state index contributed by atoms with van der Waals surface area (Å²) in [6, 6.07) is 2.07. The Labute approximate surface area is 131 Å². The summed E-state index contributed by atoms with van der Waals surface area (Å²) in [7, 11) is 3.21. The summed E-state index contributed by atoms with van der Waals surface area (Å²) < 4.78 is 16.1. The number of aromatic nitrogens is 2. The molecule has 7 heteroatoms. The van der Waals surface area contributed by atoms with Gasteiger partial charge in [-0.25, -0.2) is 9.97 Å². The zero-order valence-electron chi connectivity index (χ0n) is 13.3. The number of morpholine rings is 1. The molecule has 3 rings (SSSR count). The third kappa shape index (κ3) is 3.31. The molecule has 122 valence electrons. The number of hydrogen-bond donors (Lipinski definition) is 0. The SMILES string of the molecule is COC(OC)c1nc(N2CCCC2)cc(N2CCOCC2)n1. The molecule has 0 aromatic carbocycles. The van der Waals surface area contributed by atoms with E-state index in [1.165, 1.54) is 12.8 Å². The molecule has 1 aromatic heterocycles. The molecule has 3 heterocycles. The fraction of sp³-hybridized carbons (Fsp3) is 0.733. The van der Waals surface area contributed by atoms with Crippen LogP contribution < -0.4 is 9.80 Å². The van der Waals surface area contributed by atoms with Crippen LogP contribution in [0.5, 0.6) is 0 Å². The Morgan fingerprint density at radius 1 is 0.955 bits per heavy atom. The number of nitrogens with zero attached hydrogens (tertiary/aromatic N) is 4. The van der Waals surface area contributed by atoms with Gasteiger partial charge in [0.15, 0.2) is 5.82 Å². The smallest absolute Gasteiger partial charge is 0.218 e. The van der Waals surface area contributed by atoms with Gasteiger partial charge >= 0.3 is 0 Å². The maximum Gasteiger partial charge on any atom is 0.218 e. The van der Waals surface area contributed by atoms with Gasteiger partial charge in [-0.2, -0.15) is 0 Å². The van der Waals surface area contributed by atoms with Gasteiger partial charge in [0, 0.05) is 46.5 Å². The van der Waals surface area contributed by atoms with Crippen molar-refractivity contribution in [3.8, 4) is 0 Å². The van der Waals surface area contributed by atoms with Gasteiger partial charge in [-0.15, -0.1) is 0 Å². The van der Waals surface area contributed by atoms with E-state index in [0.29, 0.717) is 5.82 Å². The molecule has 2 aliphatic rings. The van der Waals surface area contributed by atoms with Crippen LogP contribution in [0.4, 0.5) is 11.6 Å². The van der Waals surface area contributed by atoms with E-state index in [4.69, 9.17) is 14.2 Å². The molecule has 2 aliphatic heterocycles. The lowest BCUT2D eigenvalue weighted by Crippen LogP contribution is -2.37. The van der Waals surface area contributed by atoms with Crippen molar-refractivity contribution in [3.05, 3.63) is 11.9 Å². The van der Waals surface area contributed by atoms with E-state index < -0.39 is 6.29 Å². The fourth-order valence-electron chi connectivity index (χ4n) is 2.91. The van der Waals surface area contributed by atoms with Crippen LogP contribution in [0.3, 0.4) is 0 Å².